The van der Waals surface area contributed by atoms with Gasteiger partial charge in [0.25, 0.3) is 0 Å². The number of hydrogen-bond donors (Lipinski definition) is 4. The standard InChI is InChI=1S/C29H34O11/c1-11-7-8-13-17(25(11)36-4)23(33)19-18(20(13)30)21(31)14-9-29(3,35)10-15(16(14)22(19)32)40-28-24(34)27(38-6)26(37-5)12(2)39-28/h7-8,12,15,24,26-28,31-32,34-35H,9-10H2,1-6H3/t12-,15-,24+,26-,27-,28-,29+/m0/s1. The number of ether oxygens (including phenoxy) is 5. The number of carbonyl (C=O) groups is 2. The van der Waals surface area contributed by atoms with Gasteiger partial charge in [-0.1, -0.05) is 6.07 Å². The summed E-state index contributed by atoms with van der Waals surface area (Å²) < 4.78 is 28.4. The number of fused-ring (bicyclic) bond motifs is 3. The van der Waals surface area contributed by atoms with Gasteiger partial charge in [0.05, 0.1) is 41.6 Å². The lowest BCUT2D eigenvalue weighted by atomic mass is 9.73. The number of benzene rings is 2. The number of ketones is 2. The van der Waals surface area contributed by atoms with Crippen LogP contribution in [0.2, 0.25) is 0 Å². The molecule has 216 valence electrons. The Morgan fingerprint density at radius 2 is 1.62 bits per heavy atom. The summed E-state index contributed by atoms with van der Waals surface area (Å²) >= 11 is 0. The number of aryl methyl sites for hydroxylation is 1. The molecule has 1 aliphatic heterocycles. The van der Waals surface area contributed by atoms with Crippen LogP contribution in [0.4, 0.5) is 0 Å². The zero-order valence-corrected chi connectivity index (χ0v) is 23.2. The fourth-order valence-electron chi connectivity index (χ4n) is 6.32. The summed E-state index contributed by atoms with van der Waals surface area (Å²) in [4.78, 5) is 27.4. The first-order valence-corrected chi connectivity index (χ1v) is 13.0. The minimum Gasteiger partial charge on any atom is -0.507 e. The predicted molar refractivity (Wildman–Crippen MR) is 139 cm³/mol. The lowest BCUT2D eigenvalue weighted by Gasteiger charge is -2.45. The fraction of sp³-hybridized carbons (Fsp3) is 0.517. The van der Waals surface area contributed by atoms with Gasteiger partial charge < -0.3 is 44.1 Å². The number of carbonyl (C=O) groups excluding carboxylic acids is 2. The molecule has 5 rings (SSSR count). The molecule has 11 nitrogen and oxygen atoms in total. The summed E-state index contributed by atoms with van der Waals surface area (Å²) in [6.07, 6.45) is -5.86. The average Bonchev–Trinajstić information content (AvgIpc) is 2.89. The summed E-state index contributed by atoms with van der Waals surface area (Å²) in [5, 5.41) is 45.1. The van der Waals surface area contributed by atoms with Gasteiger partial charge in [0.1, 0.15) is 35.6 Å². The van der Waals surface area contributed by atoms with Crippen LogP contribution in [0, 0.1) is 6.92 Å². The first-order valence-electron chi connectivity index (χ1n) is 13.0. The van der Waals surface area contributed by atoms with E-state index in [1.54, 1.807) is 19.9 Å². The van der Waals surface area contributed by atoms with Crippen LogP contribution in [-0.4, -0.2) is 89.6 Å². The van der Waals surface area contributed by atoms with E-state index in [0.29, 0.717) is 5.56 Å². The van der Waals surface area contributed by atoms with Gasteiger partial charge in [-0.2, -0.15) is 0 Å². The molecular weight excluding hydrogens is 524 g/mol. The number of aliphatic hydroxyl groups is 2. The zero-order valence-electron chi connectivity index (χ0n) is 23.2. The molecule has 7 atom stereocenters. The van der Waals surface area contributed by atoms with Crippen LogP contribution in [0.5, 0.6) is 17.2 Å². The quantitative estimate of drug-likeness (QED) is 0.339. The highest BCUT2D eigenvalue weighted by Crippen LogP contribution is 2.52. The average molecular weight is 559 g/mol. The molecule has 2 aliphatic carbocycles. The van der Waals surface area contributed by atoms with Crippen molar-refractivity contribution in [2.75, 3.05) is 21.3 Å². The van der Waals surface area contributed by atoms with Crippen molar-refractivity contribution in [3.05, 3.63) is 51.1 Å². The smallest absolute Gasteiger partial charge is 0.202 e. The van der Waals surface area contributed by atoms with Crippen molar-refractivity contribution in [1.82, 2.24) is 0 Å². The van der Waals surface area contributed by atoms with Gasteiger partial charge in [-0.15, -0.1) is 0 Å². The Labute approximate surface area is 231 Å². The first-order chi connectivity index (χ1) is 18.9. The van der Waals surface area contributed by atoms with Crippen molar-refractivity contribution < 1.29 is 53.7 Å². The minimum absolute atomic E-state index is 0.0108. The van der Waals surface area contributed by atoms with Gasteiger partial charge in [-0.3, -0.25) is 9.59 Å². The van der Waals surface area contributed by atoms with Gasteiger partial charge in [0, 0.05) is 43.8 Å². The third-order valence-electron chi connectivity index (χ3n) is 8.17. The van der Waals surface area contributed by atoms with Crippen LogP contribution in [0.3, 0.4) is 0 Å². The molecule has 1 heterocycles. The molecule has 0 aromatic heterocycles. The molecule has 1 fully saturated rings. The third kappa shape index (κ3) is 4.20. The normalized spacial score (nSPS) is 31.4. The number of methoxy groups -OCH3 is 3. The van der Waals surface area contributed by atoms with E-state index in [1.807, 2.05) is 0 Å². The van der Waals surface area contributed by atoms with E-state index in [4.69, 9.17) is 23.7 Å². The molecule has 2 aromatic rings. The highest BCUT2D eigenvalue weighted by Gasteiger charge is 2.49. The van der Waals surface area contributed by atoms with Crippen molar-refractivity contribution in [1.29, 1.82) is 0 Å². The van der Waals surface area contributed by atoms with Gasteiger partial charge in [-0.25, -0.2) is 0 Å². The topological polar surface area (TPSA) is 161 Å². The molecule has 40 heavy (non-hydrogen) atoms. The second kappa shape index (κ2) is 10.1. The van der Waals surface area contributed by atoms with Crippen LogP contribution in [0.15, 0.2) is 12.1 Å². The third-order valence-corrected chi connectivity index (χ3v) is 8.17. The van der Waals surface area contributed by atoms with Gasteiger partial charge in [0.15, 0.2) is 12.1 Å². The molecule has 0 spiro atoms. The molecule has 0 saturated carbocycles. The van der Waals surface area contributed by atoms with Crippen molar-refractivity contribution >= 4 is 11.6 Å². The number of aromatic hydroxyl groups is 2. The largest absolute Gasteiger partial charge is 0.507 e. The van der Waals surface area contributed by atoms with Crippen LogP contribution in [0.25, 0.3) is 0 Å². The van der Waals surface area contributed by atoms with E-state index >= 15 is 0 Å². The number of hydrogen-bond acceptors (Lipinski definition) is 11. The predicted octanol–water partition coefficient (Wildman–Crippen LogP) is 2.08. The second-order valence-corrected chi connectivity index (χ2v) is 10.9. The molecular formula is C29H34O11. The number of phenols is 2. The highest BCUT2D eigenvalue weighted by molar-refractivity contribution is 6.31. The Bertz CT molecular complexity index is 1380. The van der Waals surface area contributed by atoms with E-state index in [9.17, 15) is 30.0 Å². The maximum absolute atomic E-state index is 13.8. The highest BCUT2D eigenvalue weighted by atomic mass is 16.7. The first kappa shape index (κ1) is 28.5. The van der Waals surface area contributed by atoms with Crippen LogP contribution >= 0.6 is 0 Å². The lowest BCUT2D eigenvalue weighted by Crippen LogP contribution is -2.59. The van der Waals surface area contributed by atoms with Crippen molar-refractivity contribution in [3.8, 4) is 17.2 Å². The molecule has 11 heteroatoms. The second-order valence-electron chi connectivity index (χ2n) is 10.9. The molecule has 0 amide bonds. The molecule has 0 bridgehead atoms. The summed E-state index contributed by atoms with van der Waals surface area (Å²) in [5.41, 5.74) is -1.41. The van der Waals surface area contributed by atoms with E-state index in [1.165, 1.54) is 34.3 Å². The van der Waals surface area contributed by atoms with E-state index in [2.05, 4.69) is 0 Å². The van der Waals surface area contributed by atoms with Crippen molar-refractivity contribution in [3.63, 3.8) is 0 Å². The Hall–Kier alpha value is -3.06. The monoisotopic (exact) mass is 558 g/mol. The van der Waals surface area contributed by atoms with Crippen LogP contribution < -0.4 is 4.74 Å². The Morgan fingerprint density at radius 3 is 2.25 bits per heavy atom. The Kier molecular flexibility index (Phi) is 7.18. The van der Waals surface area contributed by atoms with E-state index < -0.39 is 65.5 Å². The summed E-state index contributed by atoms with van der Waals surface area (Å²) in [6.45, 7) is 4.97. The molecule has 1 saturated heterocycles. The minimum atomic E-state index is -1.43. The molecule has 0 unspecified atom stereocenters. The van der Waals surface area contributed by atoms with Crippen molar-refractivity contribution in [2.45, 2.75) is 76.0 Å². The summed E-state index contributed by atoms with van der Waals surface area (Å²) in [7, 11) is 4.27. The van der Waals surface area contributed by atoms with Gasteiger partial charge in [-0.05, 0) is 32.4 Å². The number of phenolic OH excluding ortho intramolecular Hbond substituents is 2. The maximum atomic E-state index is 13.8. The van der Waals surface area contributed by atoms with Crippen molar-refractivity contribution in [2.24, 2.45) is 0 Å². The van der Waals surface area contributed by atoms with Crippen LogP contribution in [0.1, 0.15) is 74.9 Å². The van der Waals surface area contributed by atoms with Gasteiger partial charge >= 0.3 is 0 Å². The Morgan fingerprint density at radius 1 is 0.975 bits per heavy atom. The van der Waals surface area contributed by atoms with E-state index in [0.717, 1.165) is 0 Å². The number of rotatable bonds is 5. The summed E-state index contributed by atoms with van der Waals surface area (Å²) in [6, 6.07) is 3.12. The zero-order chi connectivity index (χ0) is 29.3. The molecule has 3 aliphatic rings. The van der Waals surface area contributed by atoms with Crippen LogP contribution in [-0.2, 0) is 25.4 Å². The molecule has 2 aromatic carbocycles. The van der Waals surface area contributed by atoms with E-state index in [-0.39, 0.29) is 52.0 Å². The molecule has 4 N–H and O–H groups in total. The number of aliphatic hydroxyl groups excluding tert-OH is 1. The fourth-order valence-corrected chi connectivity index (χ4v) is 6.32. The summed E-state index contributed by atoms with van der Waals surface area (Å²) in [5.74, 6) is -2.23. The SMILES string of the molecule is COc1c(C)ccc2c1C(=O)c1c(O)c3c(c(O)c1C2=O)C[C@@](C)(O)C[C@@H]3O[C@@H]1O[C@@H](C)[C@H](OC)[C@@H](OC)[C@H]1O. The lowest BCUT2D eigenvalue weighted by molar-refractivity contribution is -0.314. The molecule has 0 radical (unpaired) electrons. The van der Waals surface area contributed by atoms with Gasteiger partial charge in [0.2, 0.25) is 5.78 Å². The maximum Gasteiger partial charge on any atom is 0.202 e. The Balaban J connectivity index is 1.65.